The summed E-state index contributed by atoms with van der Waals surface area (Å²) in [6.45, 7) is 1.78. The molecule has 0 bridgehead atoms. The van der Waals surface area contributed by atoms with E-state index in [9.17, 15) is 14.7 Å². The van der Waals surface area contributed by atoms with E-state index >= 15 is 0 Å². The smallest absolute Gasteiger partial charge is 0.227 e. The van der Waals surface area contributed by atoms with Crippen LogP contribution in [0, 0.1) is 5.92 Å². The van der Waals surface area contributed by atoms with Gasteiger partial charge in [0, 0.05) is 23.1 Å². The van der Waals surface area contributed by atoms with E-state index in [2.05, 4.69) is 10.6 Å². The van der Waals surface area contributed by atoms with Crippen molar-refractivity contribution in [2.45, 2.75) is 69.3 Å². The first-order valence-corrected chi connectivity index (χ1v) is 12.2. The van der Waals surface area contributed by atoms with Gasteiger partial charge in [-0.1, -0.05) is 36.8 Å². The van der Waals surface area contributed by atoms with Crippen LogP contribution in [0.2, 0.25) is 0 Å². The average molecular weight is 465 g/mol. The standard InChI is InChI=1S/C27H32N2O5/c1-16(17-6-3-2-4-7-17)28-25(31)14-20-13-22-21-12-19(29-27(32)18-8-5-9-18)10-11-23(21)34-26(22)24(15-30)33-20/h2-4,6-7,10-12,16,18,20,22,24,26,30H,5,8-9,13-15H2,1H3,(H,28,31)(H,29,32)/t16-,20-,22-,24-,26+/m0/s1. The number of aliphatic hydroxyl groups excluding tert-OH is 1. The number of nitrogens with one attached hydrogen (secondary N) is 2. The van der Waals surface area contributed by atoms with Crippen molar-refractivity contribution in [3.05, 3.63) is 59.7 Å². The molecule has 2 aliphatic heterocycles. The van der Waals surface area contributed by atoms with Crippen molar-refractivity contribution >= 4 is 17.5 Å². The van der Waals surface area contributed by atoms with E-state index in [-0.39, 0.29) is 54.9 Å². The normalized spacial score (nSPS) is 26.4. The number of carbonyl (C=O) groups excluding carboxylic acids is 2. The summed E-state index contributed by atoms with van der Waals surface area (Å²) in [5, 5.41) is 16.1. The molecule has 5 rings (SSSR count). The number of carbonyl (C=O) groups is 2. The number of hydrogen-bond donors (Lipinski definition) is 3. The third-order valence-corrected chi connectivity index (χ3v) is 7.33. The van der Waals surface area contributed by atoms with Crippen molar-refractivity contribution in [2.24, 2.45) is 5.92 Å². The van der Waals surface area contributed by atoms with Crippen LogP contribution in [0.1, 0.15) is 62.1 Å². The topological polar surface area (TPSA) is 96.9 Å². The van der Waals surface area contributed by atoms with Crippen LogP contribution in [0.4, 0.5) is 5.69 Å². The molecule has 2 aromatic rings. The Bertz CT molecular complexity index is 1040. The van der Waals surface area contributed by atoms with Crippen molar-refractivity contribution in [1.82, 2.24) is 5.32 Å². The van der Waals surface area contributed by atoms with Gasteiger partial charge in [0.05, 0.1) is 25.2 Å². The summed E-state index contributed by atoms with van der Waals surface area (Å²) >= 11 is 0. The molecule has 0 radical (unpaired) electrons. The van der Waals surface area contributed by atoms with Gasteiger partial charge in [0.25, 0.3) is 0 Å². The number of anilines is 1. The molecule has 7 nitrogen and oxygen atoms in total. The minimum atomic E-state index is -0.511. The third-order valence-electron chi connectivity index (χ3n) is 7.33. The molecule has 1 saturated heterocycles. The van der Waals surface area contributed by atoms with E-state index in [1.54, 1.807) is 0 Å². The maximum atomic E-state index is 12.8. The molecule has 0 spiro atoms. The lowest BCUT2D eigenvalue weighted by atomic mass is 9.83. The minimum Gasteiger partial charge on any atom is -0.487 e. The van der Waals surface area contributed by atoms with Gasteiger partial charge in [-0.05, 0) is 49.9 Å². The summed E-state index contributed by atoms with van der Waals surface area (Å²) in [6.07, 6.45) is 2.69. The molecule has 2 fully saturated rings. The van der Waals surface area contributed by atoms with Gasteiger partial charge in [-0.3, -0.25) is 9.59 Å². The van der Waals surface area contributed by atoms with Gasteiger partial charge in [-0.2, -0.15) is 0 Å². The molecule has 0 aromatic heterocycles. The predicted octanol–water partition coefficient (Wildman–Crippen LogP) is 3.69. The number of hydrogen-bond acceptors (Lipinski definition) is 5. The van der Waals surface area contributed by atoms with Crippen LogP contribution in [-0.2, 0) is 14.3 Å². The van der Waals surface area contributed by atoms with Crippen molar-refractivity contribution < 1.29 is 24.2 Å². The van der Waals surface area contributed by atoms with E-state index in [0.717, 1.165) is 41.8 Å². The van der Waals surface area contributed by atoms with Gasteiger partial charge >= 0.3 is 0 Å². The highest BCUT2D eigenvalue weighted by Crippen LogP contribution is 2.47. The summed E-state index contributed by atoms with van der Waals surface area (Å²) in [5.74, 6) is 0.841. The molecule has 2 heterocycles. The number of ether oxygens (including phenoxy) is 2. The van der Waals surface area contributed by atoms with Gasteiger partial charge in [0.2, 0.25) is 11.8 Å². The van der Waals surface area contributed by atoms with E-state index in [0.29, 0.717) is 6.42 Å². The average Bonchev–Trinajstić information content (AvgIpc) is 3.16. The Balaban J connectivity index is 1.26. The largest absolute Gasteiger partial charge is 0.487 e. The second-order valence-electron chi connectivity index (χ2n) is 9.68. The summed E-state index contributed by atoms with van der Waals surface area (Å²) < 4.78 is 12.2. The first-order chi connectivity index (χ1) is 16.5. The van der Waals surface area contributed by atoms with Crippen LogP contribution in [0.25, 0.3) is 0 Å². The van der Waals surface area contributed by atoms with Crippen LogP contribution < -0.4 is 15.4 Å². The van der Waals surface area contributed by atoms with E-state index in [4.69, 9.17) is 9.47 Å². The van der Waals surface area contributed by atoms with Crippen molar-refractivity contribution in [1.29, 1.82) is 0 Å². The lowest BCUT2D eigenvalue weighted by molar-refractivity contribution is -0.142. The first-order valence-electron chi connectivity index (χ1n) is 12.2. The van der Waals surface area contributed by atoms with Crippen LogP contribution in [-0.4, -0.2) is 41.8 Å². The molecule has 1 saturated carbocycles. The Labute approximate surface area is 199 Å². The SMILES string of the molecule is C[C@H](NC(=O)C[C@@H]1C[C@H]2c3cc(NC(=O)C4CCC4)ccc3O[C@H]2[C@H](CO)O1)c1ccccc1. The highest BCUT2D eigenvalue weighted by atomic mass is 16.6. The van der Waals surface area contributed by atoms with Crippen molar-refractivity contribution in [2.75, 3.05) is 11.9 Å². The fraction of sp³-hybridized carbons (Fsp3) is 0.481. The summed E-state index contributed by atoms with van der Waals surface area (Å²) in [6, 6.07) is 15.4. The second kappa shape index (κ2) is 9.76. The number of aliphatic hydroxyl groups is 1. The van der Waals surface area contributed by atoms with Crippen molar-refractivity contribution in [3.8, 4) is 5.75 Å². The highest BCUT2D eigenvalue weighted by molar-refractivity contribution is 5.93. The lowest BCUT2D eigenvalue weighted by Crippen LogP contribution is -2.47. The third kappa shape index (κ3) is 4.68. The molecular formula is C27H32N2O5. The Morgan fingerprint density at radius 2 is 1.94 bits per heavy atom. The maximum Gasteiger partial charge on any atom is 0.227 e. The number of amides is 2. The Kier molecular flexibility index (Phi) is 6.57. The maximum absolute atomic E-state index is 12.8. The number of benzene rings is 2. The van der Waals surface area contributed by atoms with Gasteiger partial charge < -0.3 is 25.2 Å². The molecule has 3 N–H and O–H groups in total. The van der Waals surface area contributed by atoms with Gasteiger partial charge in [-0.15, -0.1) is 0 Å². The minimum absolute atomic E-state index is 0.00852. The zero-order chi connectivity index (χ0) is 23.7. The second-order valence-corrected chi connectivity index (χ2v) is 9.68. The summed E-state index contributed by atoms with van der Waals surface area (Å²) in [4.78, 5) is 25.2. The molecule has 34 heavy (non-hydrogen) atoms. The fourth-order valence-electron chi connectivity index (χ4n) is 5.21. The molecule has 1 aliphatic carbocycles. The number of rotatable bonds is 7. The molecule has 7 heteroatoms. The zero-order valence-corrected chi connectivity index (χ0v) is 19.4. The van der Waals surface area contributed by atoms with Crippen LogP contribution in [0.3, 0.4) is 0 Å². The molecule has 180 valence electrons. The van der Waals surface area contributed by atoms with Gasteiger partial charge in [0.15, 0.2) is 0 Å². The zero-order valence-electron chi connectivity index (χ0n) is 19.4. The highest BCUT2D eigenvalue weighted by Gasteiger charge is 2.46. The van der Waals surface area contributed by atoms with Crippen LogP contribution >= 0.6 is 0 Å². The monoisotopic (exact) mass is 464 g/mol. The Morgan fingerprint density at radius 3 is 2.65 bits per heavy atom. The molecule has 2 amide bonds. The van der Waals surface area contributed by atoms with E-state index in [1.165, 1.54) is 0 Å². The van der Waals surface area contributed by atoms with E-state index in [1.807, 2.05) is 55.5 Å². The Hall–Kier alpha value is -2.90. The molecule has 5 atom stereocenters. The molecular weight excluding hydrogens is 432 g/mol. The van der Waals surface area contributed by atoms with Crippen molar-refractivity contribution in [3.63, 3.8) is 0 Å². The van der Waals surface area contributed by atoms with Gasteiger partial charge in [-0.25, -0.2) is 0 Å². The Morgan fingerprint density at radius 1 is 1.15 bits per heavy atom. The molecule has 3 aliphatic rings. The first kappa shape index (κ1) is 22.9. The quantitative estimate of drug-likeness (QED) is 0.581. The molecule has 0 unspecified atom stereocenters. The van der Waals surface area contributed by atoms with Crippen LogP contribution in [0.15, 0.2) is 48.5 Å². The van der Waals surface area contributed by atoms with Crippen LogP contribution in [0.5, 0.6) is 5.75 Å². The molecule has 2 aromatic carbocycles. The number of fused-ring (bicyclic) bond motifs is 3. The fourth-order valence-corrected chi connectivity index (χ4v) is 5.21. The predicted molar refractivity (Wildman–Crippen MR) is 128 cm³/mol. The summed E-state index contributed by atoms with van der Waals surface area (Å²) in [7, 11) is 0. The van der Waals surface area contributed by atoms with Gasteiger partial charge in [0.1, 0.15) is 18.0 Å². The van der Waals surface area contributed by atoms with E-state index < -0.39 is 6.10 Å². The summed E-state index contributed by atoms with van der Waals surface area (Å²) in [5.41, 5.74) is 2.81. The lowest BCUT2D eigenvalue weighted by Gasteiger charge is -2.37.